The molecule has 2 aromatic carbocycles. The highest BCUT2D eigenvalue weighted by Gasteiger charge is 2.26. The van der Waals surface area contributed by atoms with Crippen molar-refractivity contribution in [3.63, 3.8) is 0 Å². The van der Waals surface area contributed by atoms with Gasteiger partial charge in [0.05, 0.1) is 7.11 Å². The summed E-state index contributed by atoms with van der Waals surface area (Å²) in [5.41, 5.74) is 0.923. The largest absolute Gasteiger partial charge is 0.497 e. The summed E-state index contributed by atoms with van der Waals surface area (Å²) in [6, 6.07) is 14.2. The van der Waals surface area contributed by atoms with Crippen molar-refractivity contribution in [3.8, 4) is 11.5 Å². The minimum absolute atomic E-state index is 0.140. The van der Waals surface area contributed by atoms with Gasteiger partial charge in [0.15, 0.2) is 6.61 Å². The molecule has 0 aliphatic rings. The Labute approximate surface area is 181 Å². The standard InChI is InChI=1S/C24H28N2O5/c1-4-14-26(15-5-2)24(28)23-22(19-8-6-7-9-20(19)31-23)25-21(27)16-30-18-12-10-17(29-3)11-13-18/h6-13H,4-5,14-16H2,1-3H3,(H,25,27). The van der Waals surface area contributed by atoms with Crippen LogP contribution < -0.4 is 14.8 Å². The molecule has 2 amide bonds. The van der Waals surface area contributed by atoms with Gasteiger partial charge < -0.3 is 24.1 Å². The summed E-state index contributed by atoms with van der Waals surface area (Å²) >= 11 is 0. The Balaban J connectivity index is 1.80. The second-order valence-corrected chi connectivity index (χ2v) is 7.11. The molecule has 1 heterocycles. The van der Waals surface area contributed by atoms with E-state index in [1.165, 1.54) is 0 Å². The minimum Gasteiger partial charge on any atom is -0.497 e. The summed E-state index contributed by atoms with van der Waals surface area (Å²) in [6.45, 7) is 5.09. The first-order valence-electron chi connectivity index (χ1n) is 10.4. The van der Waals surface area contributed by atoms with Gasteiger partial charge in [0, 0.05) is 18.5 Å². The van der Waals surface area contributed by atoms with Crippen molar-refractivity contribution < 1.29 is 23.5 Å². The zero-order valence-electron chi connectivity index (χ0n) is 18.1. The van der Waals surface area contributed by atoms with Crippen LogP contribution in [0.25, 0.3) is 11.0 Å². The van der Waals surface area contributed by atoms with Crippen LogP contribution in [-0.4, -0.2) is 43.5 Å². The van der Waals surface area contributed by atoms with Crippen molar-refractivity contribution in [1.29, 1.82) is 0 Å². The number of fused-ring (bicyclic) bond motifs is 1. The molecule has 0 spiro atoms. The first-order chi connectivity index (χ1) is 15.1. The number of nitrogens with one attached hydrogen (secondary N) is 1. The molecule has 0 fully saturated rings. The highest BCUT2D eigenvalue weighted by molar-refractivity contribution is 6.11. The molecule has 3 rings (SSSR count). The molecule has 31 heavy (non-hydrogen) atoms. The summed E-state index contributed by atoms with van der Waals surface area (Å²) in [5, 5.41) is 3.49. The third-order valence-corrected chi connectivity index (χ3v) is 4.76. The quantitative estimate of drug-likeness (QED) is 0.509. The van der Waals surface area contributed by atoms with Crippen molar-refractivity contribution >= 4 is 28.5 Å². The fraction of sp³-hybridized carbons (Fsp3) is 0.333. The number of hydrogen-bond donors (Lipinski definition) is 1. The van der Waals surface area contributed by atoms with Gasteiger partial charge in [-0.25, -0.2) is 0 Å². The second-order valence-electron chi connectivity index (χ2n) is 7.11. The molecule has 3 aromatic rings. The predicted octanol–water partition coefficient (Wildman–Crippen LogP) is 4.72. The number of benzene rings is 2. The summed E-state index contributed by atoms with van der Waals surface area (Å²) in [5.74, 6) is 0.774. The maximum absolute atomic E-state index is 13.2. The number of carbonyl (C=O) groups is 2. The first kappa shape index (κ1) is 22.2. The average Bonchev–Trinajstić information content (AvgIpc) is 3.15. The molecule has 0 unspecified atom stereocenters. The van der Waals surface area contributed by atoms with E-state index >= 15 is 0 Å². The van der Waals surface area contributed by atoms with Crippen molar-refractivity contribution in [2.45, 2.75) is 26.7 Å². The van der Waals surface area contributed by atoms with E-state index in [4.69, 9.17) is 13.9 Å². The Bertz CT molecular complexity index is 1020. The lowest BCUT2D eigenvalue weighted by Gasteiger charge is -2.20. The lowest BCUT2D eigenvalue weighted by molar-refractivity contribution is -0.118. The fourth-order valence-electron chi connectivity index (χ4n) is 3.31. The highest BCUT2D eigenvalue weighted by atomic mass is 16.5. The van der Waals surface area contributed by atoms with Crippen LogP contribution in [0.2, 0.25) is 0 Å². The zero-order valence-corrected chi connectivity index (χ0v) is 18.1. The SMILES string of the molecule is CCCN(CCC)C(=O)c1oc2ccccc2c1NC(=O)COc1ccc(OC)cc1. The third-order valence-electron chi connectivity index (χ3n) is 4.76. The Kier molecular flexibility index (Phi) is 7.54. The highest BCUT2D eigenvalue weighted by Crippen LogP contribution is 2.32. The van der Waals surface area contributed by atoms with Gasteiger partial charge in [-0.15, -0.1) is 0 Å². The van der Waals surface area contributed by atoms with Gasteiger partial charge in [-0.05, 0) is 49.2 Å². The number of carbonyl (C=O) groups excluding carboxylic acids is 2. The molecular weight excluding hydrogens is 396 g/mol. The van der Waals surface area contributed by atoms with Crippen LogP contribution in [-0.2, 0) is 4.79 Å². The summed E-state index contributed by atoms with van der Waals surface area (Å²) in [4.78, 5) is 27.5. The van der Waals surface area contributed by atoms with Gasteiger partial charge in [0.1, 0.15) is 22.8 Å². The van der Waals surface area contributed by atoms with Crippen LogP contribution in [0.3, 0.4) is 0 Å². The maximum atomic E-state index is 13.2. The molecule has 0 saturated carbocycles. The molecule has 0 aliphatic carbocycles. The van der Waals surface area contributed by atoms with Crippen molar-refractivity contribution in [2.75, 3.05) is 32.1 Å². The molecule has 1 aromatic heterocycles. The number of para-hydroxylation sites is 1. The lowest BCUT2D eigenvalue weighted by atomic mass is 10.2. The van der Waals surface area contributed by atoms with E-state index in [0.717, 1.165) is 12.8 Å². The van der Waals surface area contributed by atoms with Gasteiger partial charge in [-0.3, -0.25) is 9.59 Å². The number of amides is 2. The monoisotopic (exact) mass is 424 g/mol. The van der Waals surface area contributed by atoms with Gasteiger partial charge in [0.25, 0.3) is 11.8 Å². The van der Waals surface area contributed by atoms with Gasteiger partial charge in [0.2, 0.25) is 5.76 Å². The van der Waals surface area contributed by atoms with E-state index < -0.39 is 0 Å². The molecule has 0 bridgehead atoms. The number of nitrogens with zero attached hydrogens (tertiary/aromatic N) is 1. The van der Waals surface area contributed by atoms with E-state index in [-0.39, 0.29) is 24.2 Å². The molecule has 0 radical (unpaired) electrons. The predicted molar refractivity (Wildman–Crippen MR) is 120 cm³/mol. The summed E-state index contributed by atoms with van der Waals surface area (Å²) in [6.07, 6.45) is 1.67. The van der Waals surface area contributed by atoms with Gasteiger partial charge in [-0.2, -0.15) is 0 Å². The summed E-state index contributed by atoms with van der Waals surface area (Å²) < 4.78 is 16.5. The number of methoxy groups -OCH3 is 1. The van der Waals surface area contributed by atoms with Gasteiger partial charge >= 0.3 is 0 Å². The summed E-state index contributed by atoms with van der Waals surface area (Å²) in [7, 11) is 1.58. The Morgan fingerprint density at radius 1 is 0.968 bits per heavy atom. The Morgan fingerprint density at radius 2 is 1.61 bits per heavy atom. The van der Waals surface area contributed by atoms with Crippen molar-refractivity contribution in [2.24, 2.45) is 0 Å². The number of rotatable bonds is 10. The molecular formula is C24H28N2O5. The van der Waals surface area contributed by atoms with Crippen LogP contribution in [0.1, 0.15) is 37.2 Å². The normalized spacial score (nSPS) is 10.7. The van der Waals surface area contributed by atoms with E-state index in [2.05, 4.69) is 5.32 Å². The second kappa shape index (κ2) is 10.5. The van der Waals surface area contributed by atoms with Crippen LogP contribution in [0, 0.1) is 0 Å². The minimum atomic E-state index is -0.381. The molecule has 7 heteroatoms. The van der Waals surface area contributed by atoms with Crippen LogP contribution in [0.15, 0.2) is 52.9 Å². The Morgan fingerprint density at radius 3 is 2.26 bits per heavy atom. The number of hydrogen-bond acceptors (Lipinski definition) is 5. The van der Waals surface area contributed by atoms with E-state index in [1.54, 1.807) is 42.3 Å². The number of ether oxygens (including phenoxy) is 2. The topological polar surface area (TPSA) is 81.0 Å². The van der Waals surface area contributed by atoms with Crippen molar-refractivity contribution in [1.82, 2.24) is 4.90 Å². The van der Waals surface area contributed by atoms with Crippen LogP contribution in [0.4, 0.5) is 5.69 Å². The zero-order chi connectivity index (χ0) is 22.2. The molecule has 0 aliphatic heterocycles. The molecule has 0 saturated heterocycles. The van der Waals surface area contributed by atoms with E-state index in [1.807, 2.05) is 32.0 Å². The van der Waals surface area contributed by atoms with E-state index in [0.29, 0.717) is 41.2 Å². The van der Waals surface area contributed by atoms with Gasteiger partial charge in [-0.1, -0.05) is 26.0 Å². The van der Waals surface area contributed by atoms with Crippen LogP contribution >= 0.6 is 0 Å². The van der Waals surface area contributed by atoms with E-state index in [9.17, 15) is 9.59 Å². The first-order valence-corrected chi connectivity index (χ1v) is 10.4. The Hall–Kier alpha value is -3.48. The number of furan rings is 1. The molecule has 0 atom stereocenters. The number of anilines is 1. The third kappa shape index (κ3) is 5.36. The molecule has 164 valence electrons. The average molecular weight is 424 g/mol. The van der Waals surface area contributed by atoms with Crippen molar-refractivity contribution in [3.05, 3.63) is 54.3 Å². The lowest BCUT2D eigenvalue weighted by Crippen LogP contribution is -2.33. The smallest absolute Gasteiger partial charge is 0.291 e. The molecule has 1 N–H and O–H groups in total. The molecule has 7 nitrogen and oxygen atoms in total. The fourth-order valence-corrected chi connectivity index (χ4v) is 3.31. The van der Waals surface area contributed by atoms with Crippen LogP contribution in [0.5, 0.6) is 11.5 Å². The maximum Gasteiger partial charge on any atom is 0.291 e.